The molecule has 2 fully saturated rings. The van der Waals surface area contributed by atoms with Crippen molar-refractivity contribution >= 4 is 11.8 Å². The van der Waals surface area contributed by atoms with Gasteiger partial charge in [0.25, 0.3) is 5.69 Å². The lowest BCUT2D eigenvalue weighted by Crippen LogP contribution is -2.49. The molecule has 164 valence electrons. The van der Waals surface area contributed by atoms with Gasteiger partial charge in [0, 0.05) is 56.6 Å². The Morgan fingerprint density at radius 2 is 1.84 bits per heavy atom. The first-order chi connectivity index (χ1) is 14.9. The molecule has 1 aliphatic heterocycles. The van der Waals surface area contributed by atoms with E-state index < -0.39 is 16.7 Å². The zero-order valence-corrected chi connectivity index (χ0v) is 17.2. The first-order valence-corrected chi connectivity index (χ1v) is 10.6. The Morgan fingerprint density at radius 1 is 1.16 bits per heavy atom. The predicted molar refractivity (Wildman–Crippen MR) is 114 cm³/mol. The number of hydrogen-bond acceptors (Lipinski definition) is 5. The standard InChI is InChI=1S/C23H26FN3O4/c24-23(16-25-21-14-20(21)18-6-8-19(9-7-18)27(29)30)10-12-26(13-11-23)22(28)31-15-17-4-2-1-3-5-17/h1-9,20-21,25H,10-16H2/t20-,21+/m0/s1. The molecule has 0 spiro atoms. The fourth-order valence-electron chi connectivity index (χ4n) is 4.02. The SMILES string of the molecule is O=C(OCc1ccccc1)N1CCC(F)(CN[C@@H]2C[C@H]2c2ccc([N+](=O)[O-])cc2)CC1. The minimum atomic E-state index is -1.35. The van der Waals surface area contributed by atoms with Gasteiger partial charge in [-0.25, -0.2) is 9.18 Å². The average Bonchev–Trinajstić information content (AvgIpc) is 3.57. The highest BCUT2D eigenvalue weighted by molar-refractivity contribution is 5.67. The second kappa shape index (κ2) is 9.01. The fourth-order valence-corrected chi connectivity index (χ4v) is 4.02. The molecule has 1 saturated carbocycles. The van der Waals surface area contributed by atoms with Gasteiger partial charge in [-0.05, 0) is 17.5 Å². The number of likely N-dealkylation sites (tertiary alicyclic amines) is 1. The molecule has 0 aromatic heterocycles. The second-order valence-corrected chi connectivity index (χ2v) is 8.36. The number of nitrogens with zero attached hydrogens (tertiary/aromatic N) is 2. The highest BCUT2D eigenvalue weighted by Gasteiger charge is 2.42. The molecule has 1 heterocycles. The topological polar surface area (TPSA) is 84.7 Å². The van der Waals surface area contributed by atoms with Crippen LogP contribution >= 0.6 is 0 Å². The zero-order valence-electron chi connectivity index (χ0n) is 17.2. The van der Waals surface area contributed by atoms with Crippen LogP contribution in [-0.4, -0.2) is 47.3 Å². The van der Waals surface area contributed by atoms with Crippen LogP contribution in [-0.2, 0) is 11.3 Å². The van der Waals surface area contributed by atoms with Crippen LogP contribution in [0.25, 0.3) is 0 Å². The van der Waals surface area contributed by atoms with Crippen LogP contribution in [0.2, 0.25) is 0 Å². The number of nitro groups is 1. The first kappa shape index (κ1) is 21.2. The van der Waals surface area contributed by atoms with Crippen LogP contribution in [0.5, 0.6) is 0 Å². The van der Waals surface area contributed by atoms with Crippen molar-refractivity contribution in [3.63, 3.8) is 0 Å². The fraction of sp³-hybridized carbons (Fsp3) is 0.435. The molecule has 7 nitrogen and oxygen atoms in total. The van der Waals surface area contributed by atoms with Crippen LogP contribution in [0.4, 0.5) is 14.9 Å². The molecule has 1 aliphatic carbocycles. The number of nitro benzene ring substituents is 1. The van der Waals surface area contributed by atoms with E-state index in [0.29, 0.717) is 13.1 Å². The van der Waals surface area contributed by atoms with Crippen molar-refractivity contribution in [2.75, 3.05) is 19.6 Å². The summed E-state index contributed by atoms with van der Waals surface area (Å²) < 4.78 is 20.5. The number of benzene rings is 2. The van der Waals surface area contributed by atoms with Gasteiger partial charge in [-0.1, -0.05) is 42.5 Å². The third-order valence-corrected chi connectivity index (χ3v) is 6.13. The van der Waals surface area contributed by atoms with Gasteiger partial charge in [-0.2, -0.15) is 0 Å². The number of non-ortho nitro benzene ring substituents is 1. The lowest BCUT2D eigenvalue weighted by molar-refractivity contribution is -0.384. The van der Waals surface area contributed by atoms with E-state index in [4.69, 9.17) is 4.74 Å². The Bertz CT molecular complexity index is 914. The molecular formula is C23H26FN3O4. The minimum Gasteiger partial charge on any atom is -0.445 e. The van der Waals surface area contributed by atoms with Crippen LogP contribution in [0, 0.1) is 10.1 Å². The van der Waals surface area contributed by atoms with E-state index in [2.05, 4.69) is 5.32 Å². The monoisotopic (exact) mass is 427 g/mol. The first-order valence-electron chi connectivity index (χ1n) is 10.6. The Labute approximate surface area is 180 Å². The smallest absolute Gasteiger partial charge is 0.410 e. The molecule has 1 N–H and O–H groups in total. The molecule has 1 amide bonds. The van der Waals surface area contributed by atoms with Crippen molar-refractivity contribution in [3.05, 3.63) is 75.8 Å². The van der Waals surface area contributed by atoms with E-state index in [-0.39, 0.29) is 43.6 Å². The Hall–Kier alpha value is -3.00. The zero-order chi connectivity index (χ0) is 21.8. The largest absolute Gasteiger partial charge is 0.445 e. The third kappa shape index (κ3) is 5.38. The van der Waals surface area contributed by atoms with Crippen molar-refractivity contribution in [1.29, 1.82) is 0 Å². The molecule has 0 radical (unpaired) electrons. The van der Waals surface area contributed by atoms with Crippen molar-refractivity contribution in [2.24, 2.45) is 0 Å². The number of piperidine rings is 1. The Kier molecular flexibility index (Phi) is 6.18. The van der Waals surface area contributed by atoms with E-state index in [9.17, 15) is 14.9 Å². The normalized spacial score (nSPS) is 22.0. The number of carbonyl (C=O) groups is 1. The van der Waals surface area contributed by atoms with E-state index in [1.165, 1.54) is 12.1 Å². The quantitative estimate of drug-likeness (QED) is 0.529. The summed E-state index contributed by atoms with van der Waals surface area (Å²) in [6.45, 7) is 1.13. The van der Waals surface area contributed by atoms with Gasteiger partial charge in [-0.3, -0.25) is 10.1 Å². The van der Waals surface area contributed by atoms with E-state index >= 15 is 4.39 Å². The molecule has 0 bridgehead atoms. The van der Waals surface area contributed by atoms with Crippen molar-refractivity contribution in [2.45, 2.75) is 43.5 Å². The maximum Gasteiger partial charge on any atom is 0.410 e. The van der Waals surface area contributed by atoms with Gasteiger partial charge in [-0.15, -0.1) is 0 Å². The summed E-state index contributed by atoms with van der Waals surface area (Å²) in [7, 11) is 0. The van der Waals surface area contributed by atoms with Crippen LogP contribution < -0.4 is 5.32 Å². The molecule has 2 aromatic rings. The second-order valence-electron chi connectivity index (χ2n) is 8.36. The van der Waals surface area contributed by atoms with Gasteiger partial charge in [0.15, 0.2) is 0 Å². The van der Waals surface area contributed by atoms with E-state index in [1.807, 2.05) is 30.3 Å². The molecule has 2 aliphatic rings. The summed E-state index contributed by atoms with van der Waals surface area (Å²) in [5.74, 6) is 0.262. The van der Waals surface area contributed by atoms with Crippen LogP contribution in [0.1, 0.15) is 36.3 Å². The summed E-state index contributed by atoms with van der Waals surface area (Å²) in [5, 5.41) is 14.1. The van der Waals surface area contributed by atoms with Gasteiger partial charge in [0.2, 0.25) is 0 Å². The van der Waals surface area contributed by atoms with Gasteiger partial charge in [0.1, 0.15) is 12.3 Å². The number of nitrogens with one attached hydrogen (secondary N) is 1. The predicted octanol–water partition coefficient (Wildman–Crippen LogP) is 4.18. The van der Waals surface area contributed by atoms with Crippen LogP contribution in [0.3, 0.4) is 0 Å². The van der Waals surface area contributed by atoms with Crippen LogP contribution in [0.15, 0.2) is 54.6 Å². The Balaban J connectivity index is 1.19. The number of halogens is 1. The Morgan fingerprint density at radius 3 is 2.48 bits per heavy atom. The lowest BCUT2D eigenvalue weighted by atomic mass is 9.93. The van der Waals surface area contributed by atoms with Gasteiger partial charge >= 0.3 is 6.09 Å². The highest BCUT2D eigenvalue weighted by Crippen LogP contribution is 2.41. The average molecular weight is 427 g/mol. The number of hydrogen-bond donors (Lipinski definition) is 1. The molecule has 2 atom stereocenters. The third-order valence-electron chi connectivity index (χ3n) is 6.13. The van der Waals surface area contributed by atoms with E-state index in [1.54, 1.807) is 17.0 Å². The number of carbonyl (C=O) groups excluding carboxylic acids is 1. The molecule has 2 aromatic carbocycles. The summed E-state index contributed by atoms with van der Waals surface area (Å²) in [4.78, 5) is 24.2. The van der Waals surface area contributed by atoms with Gasteiger partial charge in [0.05, 0.1) is 4.92 Å². The molecule has 8 heteroatoms. The number of ether oxygens (including phenoxy) is 1. The summed E-state index contributed by atoms with van der Waals surface area (Å²) in [6, 6.07) is 16.2. The summed E-state index contributed by atoms with van der Waals surface area (Å²) >= 11 is 0. The minimum absolute atomic E-state index is 0.0747. The maximum absolute atomic E-state index is 15.2. The molecule has 0 unspecified atom stereocenters. The van der Waals surface area contributed by atoms with E-state index in [0.717, 1.165) is 17.5 Å². The van der Waals surface area contributed by atoms with Gasteiger partial charge < -0.3 is 15.0 Å². The van der Waals surface area contributed by atoms with Crippen molar-refractivity contribution < 1.29 is 18.8 Å². The van der Waals surface area contributed by atoms with Crippen molar-refractivity contribution in [3.8, 4) is 0 Å². The van der Waals surface area contributed by atoms with Crippen molar-refractivity contribution in [1.82, 2.24) is 10.2 Å². The number of rotatable bonds is 7. The number of alkyl halides is 1. The summed E-state index contributed by atoms with van der Waals surface area (Å²) in [6.07, 6.45) is 1.04. The molecule has 31 heavy (non-hydrogen) atoms. The lowest BCUT2D eigenvalue weighted by Gasteiger charge is -2.36. The number of amides is 1. The molecule has 1 saturated heterocycles. The molecular weight excluding hydrogens is 401 g/mol. The highest BCUT2D eigenvalue weighted by atomic mass is 19.1. The maximum atomic E-state index is 15.2. The summed E-state index contributed by atoms with van der Waals surface area (Å²) in [5.41, 5.74) is 0.681. The molecule has 4 rings (SSSR count).